The van der Waals surface area contributed by atoms with Gasteiger partial charge in [-0.25, -0.2) is 18.7 Å². The molecule has 1 amide bonds. The summed E-state index contributed by atoms with van der Waals surface area (Å²) >= 11 is 0. The number of halogens is 5. The third kappa shape index (κ3) is 5.32. The van der Waals surface area contributed by atoms with Crippen molar-refractivity contribution < 1.29 is 36.3 Å². The Morgan fingerprint density at radius 1 is 1.00 bits per heavy atom. The summed E-state index contributed by atoms with van der Waals surface area (Å²) in [5, 5.41) is 13.3. The quantitative estimate of drug-likeness (QED) is 0.310. The molecule has 12 heteroatoms. The summed E-state index contributed by atoms with van der Waals surface area (Å²) in [6, 6.07) is 14.6. The van der Waals surface area contributed by atoms with Crippen molar-refractivity contribution in [3.63, 3.8) is 0 Å². The molecule has 7 nitrogen and oxygen atoms in total. The molecule has 4 aromatic rings. The van der Waals surface area contributed by atoms with Crippen molar-refractivity contribution >= 4 is 17.4 Å². The van der Waals surface area contributed by atoms with Crippen LogP contribution >= 0.6 is 0 Å². The minimum atomic E-state index is -4.95. The monoisotopic (exact) mass is 544 g/mol. The van der Waals surface area contributed by atoms with Gasteiger partial charge in [-0.1, -0.05) is 30.3 Å². The van der Waals surface area contributed by atoms with E-state index in [-0.39, 0.29) is 48.6 Å². The van der Waals surface area contributed by atoms with Crippen LogP contribution in [-0.4, -0.2) is 34.1 Å². The van der Waals surface area contributed by atoms with Gasteiger partial charge in [0.1, 0.15) is 5.82 Å². The zero-order chi connectivity index (χ0) is 27.8. The zero-order valence-corrected chi connectivity index (χ0v) is 20.2. The summed E-state index contributed by atoms with van der Waals surface area (Å²) in [4.78, 5) is 22.6. The highest BCUT2D eigenvalue weighted by atomic mass is 19.4. The number of amides is 1. The second-order valence-electron chi connectivity index (χ2n) is 9.04. The van der Waals surface area contributed by atoms with E-state index in [0.29, 0.717) is 5.82 Å². The molecule has 39 heavy (non-hydrogen) atoms. The molecule has 0 spiro atoms. The zero-order valence-electron chi connectivity index (χ0n) is 20.2. The van der Waals surface area contributed by atoms with Crippen molar-refractivity contribution in [2.24, 2.45) is 0 Å². The number of pyridine rings is 1. The fourth-order valence-corrected chi connectivity index (χ4v) is 4.45. The number of hydrogen-bond acceptors (Lipinski definition) is 6. The molecule has 0 bridgehead atoms. The Kier molecular flexibility index (Phi) is 6.81. The number of piperidine rings is 1. The Bertz CT molecular complexity index is 1480. The second kappa shape index (κ2) is 10.1. The van der Waals surface area contributed by atoms with Gasteiger partial charge in [0.25, 0.3) is 5.91 Å². The molecule has 0 saturated carbocycles. The van der Waals surface area contributed by atoms with Crippen LogP contribution in [-0.2, 0) is 11.8 Å². The van der Waals surface area contributed by atoms with Crippen molar-refractivity contribution in [1.29, 1.82) is 0 Å². The average Bonchev–Trinajstić information content (AvgIpc) is 3.39. The maximum absolute atomic E-state index is 14.2. The summed E-state index contributed by atoms with van der Waals surface area (Å²) < 4.78 is 73.4. The molecular weight excluding hydrogens is 523 g/mol. The lowest BCUT2D eigenvalue weighted by Crippen LogP contribution is -2.43. The summed E-state index contributed by atoms with van der Waals surface area (Å²) in [6.45, 7) is 0.558. The number of aliphatic hydroxyl groups is 1. The molecule has 1 fully saturated rings. The van der Waals surface area contributed by atoms with Crippen molar-refractivity contribution in [1.82, 2.24) is 9.97 Å². The van der Waals surface area contributed by atoms with E-state index in [2.05, 4.69) is 15.3 Å². The van der Waals surface area contributed by atoms with Gasteiger partial charge in [-0.3, -0.25) is 4.79 Å². The maximum atomic E-state index is 14.2. The van der Waals surface area contributed by atoms with E-state index in [1.165, 1.54) is 36.5 Å². The lowest BCUT2D eigenvalue weighted by molar-refractivity contribution is -0.153. The molecule has 3 heterocycles. The van der Waals surface area contributed by atoms with Gasteiger partial charge in [0.2, 0.25) is 11.7 Å². The Balaban J connectivity index is 1.28. The number of hydrogen-bond donors (Lipinski definition) is 2. The van der Waals surface area contributed by atoms with Crippen LogP contribution in [0.2, 0.25) is 0 Å². The minimum Gasteiger partial charge on any atom is -0.431 e. The average molecular weight is 544 g/mol. The Morgan fingerprint density at radius 2 is 1.72 bits per heavy atom. The number of benzene rings is 2. The molecule has 1 aliphatic rings. The molecule has 202 valence electrons. The number of oxazole rings is 1. The lowest BCUT2D eigenvalue weighted by atomic mass is 9.84. The van der Waals surface area contributed by atoms with E-state index in [4.69, 9.17) is 4.42 Å². The fraction of sp³-hybridized carbons (Fsp3) is 0.222. The van der Waals surface area contributed by atoms with Gasteiger partial charge < -0.3 is 19.7 Å². The lowest BCUT2D eigenvalue weighted by Gasteiger charge is -2.39. The van der Waals surface area contributed by atoms with Gasteiger partial charge in [0.05, 0.1) is 17.5 Å². The molecule has 2 aromatic carbocycles. The summed E-state index contributed by atoms with van der Waals surface area (Å²) in [6.07, 6.45) is -3.45. The van der Waals surface area contributed by atoms with Gasteiger partial charge in [-0.05, 0) is 43.2 Å². The van der Waals surface area contributed by atoms with Crippen molar-refractivity contribution in [2.45, 2.75) is 24.6 Å². The van der Waals surface area contributed by atoms with Crippen LogP contribution in [0.3, 0.4) is 0 Å². The summed E-state index contributed by atoms with van der Waals surface area (Å²) in [5.74, 6) is -4.62. The predicted molar refractivity (Wildman–Crippen MR) is 131 cm³/mol. The molecule has 1 aliphatic heterocycles. The summed E-state index contributed by atoms with van der Waals surface area (Å²) in [7, 11) is 0. The van der Waals surface area contributed by atoms with Crippen LogP contribution in [0.15, 0.2) is 71.3 Å². The summed E-state index contributed by atoms with van der Waals surface area (Å²) in [5.41, 5.74) is -2.15. The first-order valence-corrected chi connectivity index (χ1v) is 11.9. The van der Waals surface area contributed by atoms with Crippen LogP contribution in [0.4, 0.5) is 33.5 Å². The number of carbonyl (C=O) groups is 1. The third-order valence-electron chi connectivity index (χ3n) is 6.49. The number of aromatic nitrogens is 2. The van der Waals surface area contributed by atoms with E-state index in [1.54, 1.807) is 24.3 Å². The molecule has 2 aromatic heterocycles. The topological polar surface area (TPSA) is 91.5 Å². The number of nitrogens with one attached hydrogen (secondary N) is 1. The predicted octanol–water partition coefficient (Wildman–Crippen LogP) is 5.77. The van der Waals surface area contributed by atoms with Crippen LogP contribution in [0.5, 0.6) is 0 Å². The number of rotatable bonds is 5. The second-order valence-corrected chi connectivity index (χ2v) is 9.04. The largest absolute Gasteiger partial charge is 0.452 e. The molecule has 0 aliphatic carbocycles. The highest BCUT2D eigenvalue weighted by Crippen LogP contribution is 2.37. The normalized spacial score (nSPS) is 15.3. The third-order valence-corrected chi connectivity index (χ3v) is 6.49. The van der Waals surface area contributed by atoms with Crippen molar-refractivity contribution in [3.8, 4) is 11.5 Å². The van der Waals surface area contributed by atoms with Crippen molar-refractivity contribution in [2.75, 3.05) is 23.3 Å². The van der Waals surface area contributed by atoms with E-state index in [0.717, 1.165) is 6.07 Å². The van der Waals surface area contributed by atoms with Gasteiger partial charge in [0.15, 0.2) is 17.3 Å². The fourth-order valence-electron chi connectivity index (χ4n) is 4.45. The van der Waals surface area contributed by atoms with Gasteiger partial charge in [-0.2, -0.15) is 13.2 Å². The van der Waals surface area contributed by atoms with Gasteiger partial charge >= 0.3 is 6.18 Å². The van der Waals surface area contributed by atoms with Crippen molar-refractivity contribution in [3.05, 3.63) is 95.5 Å². The molecule has 1 saturated heterocycles. The smallest absolute Gasteiger partial charge is 0.431 e. The molecule has 2 N–H and O–H groups in total. The number of alkyl halides is 3. The number of anilines is 2. The molecule has 0 unspecified atom stereocenters. The van der Waals surface area contributed by atoms with E-state index >= 15 is 0 Å². The van der Waals surface area contributed by atoms with Gasteiger partial charge in [-0.15, -0.1) is 0 Å². The first-order chi connectivity index (χ1) is 18.5. The van der Waals surface area contributed by atoms with Crippen LogP contribution in [0, 0.1) is 11.6 Å². The first kappa shape index (κ1) is 26.3. The van der Waals surface area contributed by atoms with Crippen LogP contribution in [0.25, 0.3) is 11.5 Å². The molecule has 5 rings (SSSR count). The highest BCUT2D eigenvalue weighted by molar-refractivity contribution is 6.04. The SMILES string of the molecule is O=C(Nc1ccc(N2CCC(O)(c3cccc(F)c3F)CC2)nc1)c1nc(-c2ccccc2)oc1C(F)(F)F. The first-order valence-electron chi connectivity index (χ1n) is 11.9. The number of carbonyl (C=O) groups excluding carboxylic acids is 1. The standard InChI is InChI=1S/C27H21F5N4O3/c28-19-8-4-7-18(21(19)29)26(38)11-13-36(14-12-26)20-10-9-17(15-33-20)34-24(37)22-23(27(30,31)32)39-25(35-22)16-5-2-1-3-6-16/h1-10,15,38H,11-14H2,(H,34,37). The Morgan fingerprint density at radius 3 is 2.36 bits per heavy atom. The maximum Gasteiger partial charge on any atom is 0.452 e. The number of nitrogens with zero attached hydrogens (tertiary/aromatic N) is 3. The molecule has 0 atom stereocenters. The van der Waals surface area contributed by atoms with E-state index in [9.17, 15) is 31.9 Å². The highest BCUT2D eigenvalue weighted by Gasteiger charge is 2.42. The van der Waals surface area contributed by atoms with E-state index in [1.807, 2.05) is 4.90 Å². The molecular formula is C27H21F5N4O3. The van der Waals surface area contributed by atoms with Gasteiger partial charge in [0, 0.05) is 24.2 Å². The van der Waals surface area contributed by atoms with E-state index < -0.39 is 40.8 Å². The van der Waals surface area contributed by atoms with Crippen LogP contribution in [0.1, 0.15) is 34.7 Å². The minimum absolute atomic E-state index is 0.102. The van der Waals surface area contributed by atoms with Crippen LogP contribution < -0.4 is 10.2 Å². The molecule has 0 radical (unpaired) electrons. The Labute approximate surface area is 218 Å². The Hall–Kier alpha value is -4.32.